The van der Waals surface area contributed by atoms with Crippen LogP contribution in [-0.4, -0.2) is 29.6 Å². The molecular formula is C14H19NO4. The van der Waals surface area contributed by atoms with E-state index < -0.39 is 5.97 Å². The van der Waals surface area contributed by atoms with Crippen LogP contribution in [0.5, 0.6) is 5.75 Å². The lowest BCUT2D eigenvalue weighted by atomic mass is 10.0. The number of rotatable bonds is 5. The average Bonchev–Trinajstić information content (AvgIpc) is 2.26. The SMILES string of the molecule is Cc1cc(C(=O)NC(C)C)cc(C)c1OCC(=O)O. The highest BCUT2D eigenvalue weighted by Crippen LogP contribution is 2.24. The lowest BCUT2D eigenvalue weighted by molar-refractivity contribution is -0.139. The number of hydrogen-bond donors (Lipinski definition) is 2. The molecule has 1 aromatic rings. The Balaban J connectivity index is 2.96. The molecule has 19 heavy (non-hydrogen) atoms. The van der Waals surface area contributed by atoms with E-state index in [0.717, 1.165) is 11.1 Å². The highest BCUT2D eigenvalue weighted by molar-refractivity contribution is 5.95. The van der Waals surface area contributed by atoms with Crippen LogP contribution in [0.2, 0.25) is 0 Å². The minimum absolute atomic E-state index is 0.0658. The van der Waals surface area contributed by atoms with Crippen molar-refractivity contribution >= 4 is 11.9 Å². The van der Waals surface area contributed by atoms with Crippen LogP contribution in [-0.2, 0) is 4.79 Å². The van der Waals surface area contributed by atoms with Crippen LogP contribution in [0.3, 0.4) is 0 Å². The second-order valence-electron chi connectivity index (χ2n) is 4.75. The molecule has 0 spiro atoms. The molecule has 0 aliphatic carbocycles. The standard InChI is InChI=1S/C14H19NO4/c1-8(2)15-14(18)11-5-9(3)13(10(4)6-11)19-7-12(16)17/h5-6,8H,7H2,1-4H3,(H,15,18)(H,16,17). The van der Waals surface area contributed by atoms with E-state index in [1.807, 2.05) is 13.8 Å². The summed E-state index contributed by atoms with van der Waals surface area (Å²) in [6.45, 7) is 6.97. The smallest absolute Gasteiger partial charge is 0.341 e. The number of carbonyl (C=O) groups excluding carboxylic acids is 1. The van der Waals surface area contributed by atoms with Gasteiger partial charge in [-0.3, -0.25) is 4.79 Å². The maximum Gasteiger partial charge on any atom is 0.341 e. The molecule has 1 rings (SSSR count). The molecule has 0 saturated heterocycles. The minimum Gasteiger partial charge on any atom is -0.481 e. The molecule has 0 atom stereocenters. The summed E-state index contributed by atoms with van der Waals surface area (Å²) in [5.41, 5.74) is 2.04. The Bertz CT molecular complexity index is 471. The van der Waals surface area contributed by atoms with Gasteiger partial charge in [-0.25, -0.2) is 4.79 Å². The van der Waals surface area contributed by atoms with E-state index in [9.17, 15) is 9.59 Å². The molecule has 0 fully saturated rings. The van der Waals surface area contributed by atoms with Crippen LogP contribution in [0.25, 0.3) is 0 Å². The summed E-state index contributed by atoms with van der Waals surface area (Å²) in [6, 6.07) is 3.46. The van der Waals surface area contributed by atoms with Crippen molar-refractivity contribution in [3.8, 4) is 5.75 Å². The topological polar surface area (TPSA) is 75.6 Å². The summed E-state index contributed by atoms with van der Waals surface area (Å²) in [5.74, 6) is -0.657. The lowest BCUT2D eigenvalue weighted by Gasteiger charge is -2.14. The Labute approximate surface area is 112 Å². The first-order valence-electron chi connectivity index (χ1n) is 6.08. The predicted molar refractivity (Wildman–Crippen MR) is 71.6 cm³/mol. The largest absolute Gasteiger partial charge is 0.481 e. The van der Waals surface area contributed by atoms with Crippen molar-refractivity contribution in [3.05, 3.63) is 28.8 Å². The summed E-state index contributed by atoms with van der Waals surface area (Å²) >= 11 is 0. The maximum absolute atomic E-state index is 11.9. The van der Waals surface area contributed by atoms with Crippen molar-refractivity contribution in [1.82, 2.24) is 5.32 Å². The number of nitrogens with one attached hydrogen (secondary N) is 1. The maximum atomic E-state index is 11.9. The van der Waals surface area contributed by atoms with Gasteiger partial charge >= 0.3 is 5.97 Å². The highest BCUT2D eigenvalue weighted by atomic mass is 16.5. The van der Waals surface area contributed by atoms with Crippen LogP contribution in [0.1, 0.15) is 35.3 Å². The Morgan fingerprint density at radius 3 is 2.21 bits per heavy atom. The van der Waals surface area contributed by atoms with Gasteiger partial charge in [0.15, 0.2) is 6.61 Å². The van der Waals surface area contributed by atoms with Crippen molar-refractivity contribution in [1.29, 1.82) is 0 Å². The zero-order valence-electron chi connectivity index (χ0n) is 11.6. The fraction of sp³-hybridized carbons (Fsp3) is 0.429. The summed E-state index contributed by atoms with van der Waals surface area (Å²) in [4.78, 5) is 22.4. The minimum atomic E-state index is -1.03. The molecule has 0 saturated carbocycles. The third kappa shape index (κ3) is 4.28. The predicted octanol–water partition coefficient (Wildman–Crippen LogP) is 1.91. The molecule has 5 heteroatoms. The van der Waals surface area contributed by atoms with E-state index in [2.05, 4.69) is 5.32 Å². The first-order chi connectivity index (χ1) is 8.81. The first-order valence-corrected chi connectivity index (χ1v) is 6.08. The molecule has 2 N–H and O–H groups in total. The van der Waals surface area contributed by atoms with Gasteiger partial charge in [0.2, 0.25) is 0 Å². The lowest BCUT2D eigenvalue weighted by Crippen LogP contribution is -2.30. The number of carboxylic acids is 1. The van der Waals surface area contributed by atoms with Crippen LogP contribution in [0.4, 0.5) is 0 Å². The molecule has 1 aromatic carbocycles. The second kappa shape index (κ2) is 6.22. The first kappa shape index (κ1) is 15.0. The van der Waals surface area contributed by atoms with E-state index in [-0.39, 0.29) is 18.6 Å². The van der Waals surface area contributed by atoms with Gasteiger partial charge in [-0.05, 0) is 51.0 Å². The van der Waals surface area contributed by atoms with Crippen molar-refractivity contribution < 1.29 is 19.4 Å². The number of aryl methyl sites for hydroxylation is 2. The molecule has 0 unspecified atom stereocenters. The summed E-state index contributed by atoms with van der Waals surface area (Å²) in [6.07, 6.45) is 0. The quantitative estimate of drug-likeness (QED) is 0.852. The van der Waals surface area contributed by atoms with Crippen molar-refractivity contribution in [2.75, 3.05) is 6.61 Å². The third-order valence-electron chi connectivity index (χ3n) is 2.48. The van der Waals surface area contributed by atoms with Crippen LogP contribution in [0.15, 0.2) is 12.1 Å². The van der Waals surface area contributed by atoms with Gasteiger partial charge in [0.1, 0.15) is 5.75 Å². The number of hydrogen-bond acceptors (Lipinski definition) is 3. The Hall–Kier alpha value is -2.04. The number of carbonyl (C=O) groups is 2. The Kier molecular flexibility index (Phi) is 4.92. The molecule has 0 heterocycles. The van der Waals surface area contributed by atoms with E-state index in [1.54, 1.807) is 26.0 Å². The molecule has 5 nitrogen and oxygen atoms in total. The van der Waals surface area contributed by atoms with Gasteiger partial charge in [0.25, 0.3) is 5.91 Å². The van der Waals surface area contributed by atoms with Crippen LogP contribution >= 0.6 is 0 Å². The molecular weight excluding hydrogens is 246 g/mol. The van der Waals surface area contributed by atoms with Gasteiger partial charge in [0, 0.05) is 11.6 Å². The number of amides is 1. The summed E-state index contributed by atoms with van der Waals surface area (Å²) in [5, 5.41) is 11.4. The summed E-state index contributed by atoms with van der Waals surface area (Å²) < 4.78 is 5.21. The average molecular weight is 265 g/mol. The van der Waals surface area contributed by atoms with Crippen LogP contribution < -0.4 is 10.1 Å². The van der Waals surface area contributed by atoms with E-state index >= 15 is 0 Å². The normalized spacial score (nSPS) is 10.4. The zero-order valence-corrected chi connectivity index (χ0v) is 11.6. The van der Waals surface area contributed by atoms with Crippen molar-refractivity contribution in [2.45, 2.75) is 33.7 Å². The van der Waals surface area contributed by atoms with Gasteiger partial charge < -0.3 is 15.2 Å². The fourth-order valence-corrected chi connectivity index (χ4v) is 1.79. The van der Waals surface area contributed by atoms with E-state index in [0.29, 0.717) is 11.3 Å². The fourth-order valence-electron chi connectivity index (χ4n) is 1.79. The second-order valence-corrected chi connectivity index (χ2v) is 4.75. The molecule has 0 radical (unpaired) electrons. The highest BCUT2D eigenvalue weighted by Gasteiger charge is 2.13. The molecule has 0 bridgehead atoms. The van der Waals surface area contributed by atoms with Gasteiger partial charge in [-0.15, -0.1) is 0 Å². The number of benzene rings is 1. The van der Waals surface area contributed by atoms with Gasteiger partial charge in [0.05, 0.1) is 0 Å². The van der Waals surface area contributed by atoms with E-state index in [4.69, 9.17) is 9.84 Å². The zero-order chi connectivity index (χ0) is 14.6. The van der Waals surface area contributed by atoms with E-state index in [1.165, 1.54) is 0 Å². The van der Waals surface area contributed by atoms with Crippen molar-refractivity contribution in [2.24, 2.45) is 0 Å². The monoisotopic (exact) mass is 265 g/mol. The molecule has 0 aliphatic rings. The number of carboxylic acid groups (broad SMARTS) is 1. The third-order valence-corrected chi connectivity index (χ3v) is 2.48. The number of aliphatic carboxylic acids is 1. The molecule has 0 aromatic heterocycles. The summed E-state index contributed by atoms with van der Waals surface area (Å²) in [7, 11) is 0. The number of ether oxygens (including phenoxy) is 1. The van der Waals surface area contributed by atoms with Gasteiger partial charge in [-0.2, -0.15) is 0 Å². The molecule has 104 valence electrons. The van der Waals surface area contributed by atoms with Crippen molar-refractivity contribution in [3.63, 3.8) is 0 Å². The van der Waals surface area contributed by atoms with Gasteiger partial charge in [-0.1, -0.05) is 0 Å². The molecule has 1 amide bonds. The Morgan fingerprint density at radius 1 is 1.26 bits per heavy atom. The Morgan fingerprint density at radius 2 is 1.79 bits per heavy atom. The van der Waals surface area contributed by atoms with Crippen LogP contribution in [0, 0.1) is 13.8 Å². The molecule has 0 aliphatic heterocycles.